The van der Waals surface area contributed by atoms with E-state index in [1.807, 2.05) is 11.3 Å². The summed E-state index contributed by atoms with van der Waals surface area (Å²) in [5.41, 5.74) is 1.80. The molecular weight excluding hydrogens is 276 g/mol. The van der Waals surface area contributed by atoms with Crippen LogP contribution < -0.4 is 5.32 Å². The van der Waals surface area contributed by atoms with Gasteiger partial charge in [0.25, 0.3) is 0 Å². The zero-order valence-electron chi connectivity index (χ0n) is 14.2. The first-order chi connectivity index (χ1) is 9.80. The molecule has 3 heteroatoms. The molecule has 0 amide bonds. The summed E-state index contributed by atoms with van der Waals surface area (Å²) in [4.78, 5) is 5.04. The molecule has 2 aliphatic carbocycles. The Hall–Kier alpha value is -0.410. The molecule has 2 unspecified atom stereocenters. The molecule has 0 bridgehead atoms. The van der Waals surface area contributed by atoms with Gasteiger partial charge in [-0.1, -0.05) is 34.6 Å². The van der Waals surface area contributed by atoms with Crippen LogP contribution in [0.5, 0.6) is 0 Å². The molecule has 0 aliphatic heterocycles. The van der Waals surface area contributed by atoms with Crippen molar-refractivity contribution in [2.45, 2.75) is 84.2 Å². The summed E-state index contributed by atoms with van der Waals surface area (Å²) in [5.74, 6) is 1.30. The normalized spacial score (nSPS) is 32.6. The van der Waals surface area contributed by atoms with Crippen molar-refractivity contribution in [2.75, 3.05) is 0 Å². The van der Waals surface area contributed by atoms with Crippen LogP contribution in [0, 0.1) is 11.3 Å². The van der Waals surface area contributed by atoms with Gasteiger partial charge in [-0.3, -0.25) is 0 Å². The van der Waals surface area contributed by atoms with Gasteiger partial charge in [0, 0.05) is 11.4 Å². The van der Waals surface area contributed by atoms with Crippen molar-refractivity contribution < 1.29 is 0 Å². The second kappa shape index (κ2) is 5.34. The zero-order chi connectivity index (χ0) is 15.3. The van der Waals surface area contributed by atoms with E-state index in [1.54, 1.807) is 0 Å². The van der Waals surface area contributed by atoms with Gasteiger partial charge in [-0.15, -0.1) is 11.3 Å². The standard InChI is InChI=1S/C18H30N2S/c1-12(2)15-10-21-16(19-15)18(20-14-6-7-14)9-13(3)8-17(4,5)11-18/h10,12-14,20H,6-9,11H2,1-5H3. The van der Waals surface area contributed by atoms with Gasteiger partial charge in [0.05, 0.1) is 11.2 Å². The molecule has 0 saturated heterocycles. The number of thiazole rings is 1. The van der Waals surface area contributed by atoms with Crippen LogP contribution in [0.4, 0.5) is 0 Å². The second-order valence-corrected chi connectivity index (χ2v) is 9.45. The van der Waals surface area contributed by atoms with Crippen LogP contribution in [0.25, 0.3) is 0 Å². The van der Waals surface area contributed by atoms with Crippen LogP contribution in [-0.4, -0.2) is 11.0 Å². The first-order valence-corrected chi connectivity index (χ1v) is 9.41. The summed E-state index contributed by atoms with van der Waals surface area (Å²) < 4.78 is 0. The van der Waals surface area contributed by atoms with Crippen molar-refractivity contribution in [1.29, 1.82) is 0 Å². The fraction of sp³-hybridized carbons (Fsp3) is 0.833. The molecule has 2 aliphatic rings. The van der Waals surface area contributed by atoms with E-state index in [9.17, 15) is 0 Å². The Bertz CT molecular complexity index is 497. The molecule has 3 rings (SSSR count). The van der Waals surface area contributed by atoms with Gasteiger partial charge in [0.15, 0.2) is 0 Å². The highest BCUT2D eigenvalue weighted by Crippen LogP contribution is 2.50. The van der Waals surface area contributed by atoms with Crippen molar-refractivity contribution in [3.05, 3.63) is 16.1 Å². The van der Waals surface area contributed by atoms with Crippen LogP contribution in [0.15, 0.2) is 5.38 Å². The van der Waals surface area contributed by atoms with Crippen LogP contribution in [0.1, 0.15) is 83.3 Å². The van der Waals surface area contributed by atoms with Gasteiger partial charge in [0.2, 0.25) is 0 Å². The van der Waals surface area contributed by atoms with Crippen molar-refractivity contribution in [2.24, 2.45) is 11.3 Å². The monoisotopic (exact) mass is 306 g/mol. The number of hydrogen-bond acceptors (Lipinski definition) is 3. The van der Waals surface area contributed by atoms with Gasteiger partial charge < -0.3 is 5.32 Å². The smallest absolute Gasteiger partial charge is 0.113 e. The van der Waals surface area contributed by atoms with Crippen LogP contribution in [0.3, 0.4) is 0 Å². The Labute approximate surface area is 133 Å². The lowest BCUT2D eigenvalue weighted by Gasteiger charge is -2.47. The molecule has 1 aromatic heterocycles. The highest BCUT2D eigenvalue weighted by atomic mass is 32.1. The summed E-state index contributed by atoms with van der Waals surface area (Å²) in [6, 6.07) is 0.734. The molecule has 1 heterocycles. The molecule has 2 atom stereocenters. The van der Waals surface area contributed by atoms with Gasteiger partial charge in [0.1, 0.15) is 5.01 Å². The third kappa shape index (κ3) is 3.34. The SMILES string of the molecule is CC1CC(C)(C)CC(NC2CC2)(c2nc(C(C)C)cs2)C1. The predicted octanol–water partition coefficient (Wildman–Crippen LogP) is 5.06. The maximum absolute atomic E-state index is 5.04. The quantitative estimate of drug-likeness (QED) is 0.841. The minimum absolute atomic E-state index is 0.125. The van der Waals surface area contributed by atoms with E-state index < -0.39 is 0 Å². The van der Waals surface area contributed by atoms with Crippen molar-refractivity contribution >= 4 is 11.3 Å². The van der Waals surface area contributed by atoms with E-state index in [0.717, 1.165) is 12.0 Å². The third-order valence-corrected chi connectivity index (χ3v) is 6.02. The van der Waals surface area contributed by atoms with Gasteiger partial charge >= 0.3 is 0 Å². The van der Waals surface area contributed by atoms with Gasteiger partial charge in [-0.25, -0.2) is 4.98 Å². The van der Waals surface area contributed by atoms with E-state index in [4.69, 9.17) is 4.98 Å². The molecule has 0 radical (unpaired) electrons. The fourth-order valence-electron chi connectivity index (χ4n) is 4.30. The van der Waals surface area contributed by atoms with E-state index in [-0.39, 0.29) is 5.54 Å². The average molecular weight is 307 g/mol. The summed E-state index contributed by atoms with van der Waals surface area (Å²) in [7, 11) is 0. The lowest BCUT2D eigenvalue weighted by atomic mass is 9.64. The molecule has 2 fully saturated rings. The molecule has 118 valence electrons. The Morgan fingerprint density at radius 1 is 1.29 bits per heavy atom. The van der Waals surface area contributed by atoms with Gasteiger partial charge in [-0.2, -0.15) is 0 Å². The molecule has 21 heavy (non-hydrogen) atoms. The van der Waals surface area contributed by atoms with E-state index in [1.165, 1.54) is 42.8 Å². The lowest BCUT2D eigenvalue weighted by molar-refractivity contribution is 0.0777. The Balaban J connectivity index is 1.95. The highest BCUT2D eigenvalue weighted by molar-refractivity contribution is 7.09. The van der Waals surface area contributed by atoms with Crippen LogP contribution in [0.2, 0.25) is 0 Å². The maximum Gasteiger partial charge on any atom is 0.113 e. The van der Waals surface area contributed by atoms with E-state index in [0.29, 0.717) is 11.3 Å². The highest BCUT2D eigenvalue weighted by Gasteiger charge is 2.47. The number of rotatable bonds is 4. The average Bonchev–Trinajstić information content (AvgIpc) is 2.99. The molecule has 0 spiro atoms. The second-order valence-electron chi connectivity index (χ2n) is 8.59. The molecule has 1 aromatic rings. The largest absolute Gasteiger partial charge is 0.303 e. The maximum atomic E-state index is 5.04. The van der Waals surface area contributed by atoms with E-state index in [2.05, 4.69) is 45.3 Å². The molecule has 2 saturated carbocycles. The minimum Gasteiger partial charge on any atom is -0.303 e. The van der Waals surface area contributed by atoms with Crippen LogP contribution >= 0.6 is 11.3 Å². The third-order valence-electron chi connectivity index (χ3n) is 4.96. The number of nitrogens with zero attached hydrogens (tertiary/aromatic N) is 1. The minimum atomic E-state index is 0.125. The number of aromatic nitrogens is 1. The Kier molecular flexibility index (Phi) is 3.94. The number of hydrogen-bond donors (Lipinski definition) is 1. The van der Waals surface area contributed by atoms with E-state index >= 15 is 0 Å². The topological polar surface area (TPSA) is 24.9 Å². The summed E-state index contributed by atoms with van der Waals surface area (Å²) in [6.07, 6.45) is 6.51. The number of nitrogens with one attached hydrogen (secondary N) is 1. The predicted molar refractivity (Wildman–Crippen MR) is 90.8 cm³/mol. The Morgan fingerprint density at radius 2 is 2.00 bits per heavy atom. The van der Waals surface area contributed by atoms with Crippen molar-refractivity contribution in [3.63, 3.8) is 0 Å². The molecule has 2 nitrogen and oxygen atoms in total. The summed E-state index contributed by atoms with van der Waals surface area (Å²) >= 11 is 1.88. The fourth-order valence-corrected chi connectivity index (χ4v) is 5.45. The first kappa shape index (κ1) is 15.5. The van der Waals surface area contributed by atoms with Gasteiger partial charge in [-0.05, 0) is 49.4 Å². The van der Waals surface area contributed by atoms with Crippen LogP contribution in [-0.2, 0) is 5.54 Å². The molecule has 0 aromatic carbocycles. The Morgan fingerprint density at radius 3 is 2.52 bits per heavy atom. The molecular formula is C18H30N2S. The van der Waals surface area contributed by atoms with Crippen molar-refractivity contribution in [1.82, 2.24) is 10.3 Å². The molecule has 1 N–H and O–H groups in total. The first-order valence-electron chi connectivity index (χ1n) is 8.53. The summed E-state index contributed by atoms with van der Waals surface area (Å²) in [6.45, 7) is 11.8. The van der Waals surface area contributed by atoms with Crippen molar-refractivity contribution in [3.8, 4) is 0 Å². The zero-order valence-corrected chi connectivity index (χ0v) is 15.0. The lowest BCUT2D eigenvalue weighted by Crippen LogP contribution is -2.51. The summed E-state index contributed by atoms with van der Waals surface area (Å²) in [5, 5.41) is 7.63.